The highest BCUT2D eigenvalue weighted by Crippen LogP contribution is 2.29. The third kappa shape index (κ3) is 17.1. The lowest BCUT2D eigenvalue weighted by Crippen LogP contribution is -2.53. The Kier molecular flexibility index (Phi) is 18.2. The second-order valence-corrected chi connectivity index (χ2v) is 15.8. The van der Waals surface area contributed by atoms with Crippen LogP contribution < -0.4 is 21.3 Å². The Morgan fingerprint density at radius 1 is 0.780 bits per heavy atom. The van der Waals surface area contributed by atoms with Crippen LogP contribution in [0, 0.1) is 17.8 Å². The summed E-state index contributed by atoms with van der Waals surface area (Å²) in [5.74, 6) is -1.06. The first-order valence-corrected chi connectivity index (χ1v) is 18.4. The van der Waals surface area contributed by atoms with Gasteiger partial charge in [0.05, 0.1) is 37.1 Å². The molecule has 0 heterocycles. The highest BCUT2D eigenvalue weighted by atomic mass is 16.6. The summed E-state index contributed by atoms with van der Waals surface area (Å²) in [7, 11) is 0. The minimum Gasteiger partial charge on any atom is -0.444 e. The van der Waals surface area contributed by atoms with Gasteiger partial charge in [-0.1, -0.05) is 90.1 Å². The summed E-state index contributed by atoms with van der Waals surface area (Å²) in [6, 6.07) is 6.97. The van der Waals surface area contributed by atoms with Crippen molar-refractivity contribution in [1.29, 1.82) is 0 Å². The molecular weight excluding hydrogens is 640 g/mol. The first-order chi connectivity index (χ1) is 23.4. The van der Waals surface area contributed by atoms with Gasteiger partial charge in [0.25, 0.3) is 0 Å². The molecule has 0 aliphatic heterocycles. The molecule has 12 heteroatoms. The molecule has 1 aliphatic carbocycles. The number of aliphatic hydroxyl groups excluding tert-OH is 3. The monoisotopic (exact) mass is 704 g/mol. The number of hydrogen-bond donors (Lipinski definition) is 7. The van der Waals surface area contributed by atoms with Crippen LogP contribution in [0.4, 0.5) is 4.79 Å². The minimum atomic E-state index is -1.51. The lowest BCUT2D eigenvalue weighted by molar-refractivity contribution is -0.131. The number of hydrogen-bond acceptors (Lipinski definition) is 8. The summed E-state index contributed by atoms with van der Waals surface area (Å²) in [5.41, 5.74) is 0.172. The molecule has 0 spiro atoms. The maximum Gasteiger partial charge on any atom is 0.407 e. The average molecular weight is 705 g/mol. The first kappa shape index (κ1) is 42.9. The Hall–Kier alpha value is -3.22. The Balaban J connectivity index is 2.03. The van der Waals surface area contributed by atoms with Gasteiger partial charge in [0.2, 0.25) is 17.7 Å². The van der Waals surface area contributed by atoms with Crippen molar-refractivity contribution in [1.82, 2.24) is 21.3 Å². The van der Waals surface area contributed by atoms with Crippen molar-refractivity contribution in [2.24, 2.45) is 17.8 Å². The van der Waals surface area contributed by atoms with Crippen molar-refractivity contribution < 1.29 is 39.2 Å². The third-order valence-electron chi connectivity index (χ3n) is 8.81. The molecule has 0 bridgehead atoms. The molecule has 0 radical (unpaired) electrons. The van der Waals surface area contributed by atoms with E-state index in [1.54, 1.807) is 20.8 Å². The zero-order valence-corrected chi connectivity index (χ0v) is 31.2. The van der Waals surface area contributed by atoms with Gasteiger partial charge in [-0.3, -0.25) is 14.4 Å². The van der Waals surface area contributed by atoms with E-state index in [1.807, 2.05) is 58.0 Å². The normalized spacial score (nSPS) is 17.6. The number of amides is 4. The van der Waals surface area contributed by atoms with E-state index in [0.717, 1.165) is 37.7 Å². The number of carbonyl (C=O) groups excluding carboxylic acids is 4. The molecule has 1 aliphatic rings. The van der Waals surface area contributed by atoms with Gasteiger partial charge in [0.1, 0.15) is 17.7 Å². The van der Waals surface area contributed by atoms with Crippen LogP contribution in [0.3, 0.4) is 0 Å². The van der Waals surface area contributed by atoms with Crippen LogP contribution in [0.25, 0.3) is 0 Å². The van der Waals surface area contributed by atoms with Crippen molar-refractivity contribution >= 4 is 23.8 Å². The topological polar surface area (TPSA) is 186 Å². The number of rotatable bonds is 19. The largest absolute Gasteiger partial charge is 0.444 e. The van der Waals surface area contributed by atoms with Gasteiger partial charge in [-0.2, -0.15) is 0 Å². The molecule has 1 saturated carbocycles. The molecule has 1 aromatic rings. The van der Waals surface area contributed by atoms with Gasteiger partial charge in [-0.05, 0) is 63.4 Å². The number of alkyl carbamates (subject to hydrolysis) is 1. The molecule has 2 rings (SSSR count). The van der Waals surface area contributed by atoms with Crippen molar-refractivity contribution in [3.63, 3.8) is 0 Å². The molecule has 1 aromatic carbocycles. The van der Waals surface area contributed by atoms with E-state index in [4.69, 9.17) is 4.74 Å². The zero-order chi connectivity index (χ0) is 37.4. The maximum absolute atomic E-state index is 13.2. The van der Waals surface area contributed by atoms with Gasteiger partial charge in [0, 0.05) is 6.54 Å². The summed E-state index contributed by atoms with van der Waals surface area (Å²) in [5, 5.41) is 44.4. The van der Waals surface area contributed by atoms with Gasteiger partial charge < -0.3 is 41.3 Å². The number of benzene rings is 1. The Bertz CT molecular complexity index is 1180. The summed E-state index contributed by atoms with van der Waals surface area (Å²) < 4.78 is 5.40. The van der Waals surface area contributed by atoms with Gasteiger partial charge >= 0.3 is 6.09 Å². The first-order valence-electron chi connectivity index (χ1n) is 18.4. The van der Waals surface area contributed by atoms with E-state index in [-0.39, 0.29) is 30.1 Å². The number of nitrogens with one attached hydrogen (secondary N) is 4. The molecule has 0 saturated heterocycles. The Labute approximate surface area is 298 Å². The van der Waals surface area contributed by atoms with Crippen LogP contribution >= 0.6 is 0 Å². The molecule has 50 heavy (non-hydrogen) atoms. The fourth-order valence-corrected chi connectivity index (χ4v) is 6.39. The van der Waals surface area contributed by atoms with Crippen molar-refractivity contribution in [2.45, 2.75) is 161 Å². The molecule has 3 unspecified atom stereocenters. The van der Waals surface area contributed by atoms with Gasteiger partial charge in [0.15, 0.2) is 0 Å². The molecule has 0 aromatic heterocycles. The predicted molar refractivity (Wildman–Crippen MR) is 193 cm³/mol. The van der Waals surface area contributed by atoms with E-state index in [9.17, 15) is 34.5 Å². The van der Waals surface area contributed by atoms with Crippen LogP contribution in [0.1, 0.15) is 118 Å². The number of aliphatic hydroxyl groups is 3. The van der Waals surface area contributed by atoms with Crippen LogP contribution in [-0.4, -0.2) is 81.2 Å². The van der Waals surface area contributed by atoms with Gasteiger partial charge in [-0.15, -0.1) is 0 Å². The molecule has 6 atom stereocenters. The van der Waals surface area contributed by atoms with E-state index >= 15 is 0 Å². The summed E-state index contributed by atoms with van der Waals surface area (Å²) >= 11 is 0. The standard InChI is InChI=1S/C38H64N4O8/c1-24(2)18-28(31(43)21-33(45)41-30(19-25(3)4)36(48)39-23-27-16-12-9-13-17-27)40-34(46)22-32(44)35(47)29(20-26-14-10-8-11-15-26)42-37(49)50-38(5,6)7/h9,12-13,16-17,24-26,28-32,35,43-44,47H,8,10-11,14-15,18-23H2,1-7H3,(H,39,48)(H,40,46)(H,41,45)(H,42,49)/t28-,29-,30-,31?,32?,35?/m0/s1. The van der Waals surface area contributed by atoms with Crippen LogP contribution in [0.5, 0.6) is 0 Å². The average Bonchev–Trinajstić information content (AvgIpc) is 3.01. The molecular formula is C38H64N4O8. The van der Waals surface area contributed by atoms with Crippen LogP contribution in [-0.2, 0) is 25.7 Å². The van der Waals surface area contributed by atoms with E-state index in [0.29, 0.717) is 25.8 Å². The predicted octanol–water partition coefficient (Wildman–Crippen LogP) is 4.09. The Morgan fingerprint density at radius 2 is 1.36 bits per heavy atom. The fraction of sp³-hybridized carbons (Fsp3) is 0.737. The van der Waals surface area contributed by atoms with Gasteiger partial charge in [-0.25, -0.2) is 4.79 Å². The highest BCUT2D eigenvalue weighted by molar-refractivity contribution is 5.87. The SMILES string of the molecule is CC(C)C[C@H](NC(=O)CC(O)[C@H](CC(C)C)NC(=O)CC(O)C(O)[C@H](CC1CCCCC1)NC(=O)OC(C)(C)C)C(=O)NCc1ccccc1. The molecule has 1 fully saturated rings. The molecule has 7 N–H and O–H groups in total. The maximum atomic E-state index is 13.2. The quantitative estimate of drug-likeness (QED) is 0.112. The number of ether oxygens (including phenoxy) is 1. The second kappa shape index (κ2) is 21.2. The van der Waals surface area contributed by atoms with Crippen molar-refractivity contribution in [3.05, 3.63) is 35.9 Å². The van der Waals surface area contributed by atoms with Crippen LogP contribution in [0.2, 0.25) is 0 Å². The third-order valence-corrected chi connectivity index (χ3v) is 8.81. The zero-order valence-electron chi connectivity index (χ0n) is 31.2. The fourth-order valence-electron chi connectivity index (χ4n) is 6.39. The Morgan fingerprint density at radius 3 is 1.94 bits per heavy atom. The summed E-state index contributed by atoms with van der Waals surface area (Å²) in [6.45, 7) is 13.2. The van der Waals surface area contributed by atoms with E-state index in [2.05, 4.69) is 21.3 Å². The van der Waals surface area contributed by atoms with Crippen LogP contribution in [0.15, 0.2) is 30.3 Å². The number of carbonyl (C=O) groups is 4. The lowest BCUT2D eigenvalue weighted by atomic mass is 9.83. The van der Waals surface area contributed by atoms with Crippen molar-refractivity contribution in [2.75, 3.05) is 0 Å². The van der Waals surface area contributed by atoms with Crippen molar-refractivity contribution in [3.8, 4) is 0 Å². The van der Waals surface area contributed by atoms with E-state index < -0.39 is 66.4 Å². The van der Waals surface area contributed by atoms with E-state index in [1.165, 1.54) is 0 Å². The highest BCUT2D eigenvalue weighted by Gasteiger charge is 2.34. The molecule has 12 nitrogen and oxygen atoms in total. The second-order valence-electron chi connectivity index (χ2n) is 15.8. The minimum absolute atomic E-state index is 0.0453. The smallest absolute Gasteiger partial charge is 0.407 e. The summed E-state index contributed by atoms with van der Waals surface area (Å²) in [6.07, 6.45) is 0.565. The molecule has 284 valence electrons. The lowest BCUT2D eigenvalue weighted by Gasteiger charge is -2.33. The molecule has 4 amide bonds. The summed E-state index contributed by atoms with van der Waals surface area (Å²) in [4.78, 5) is 51.9.